The molecule has 4 heteroatoms. The first-order valence-corrected chi connectivity index (χ1v) is 7.75. The second-order valence-corrected chi connectivity index (χ2v) is 6.11. The van der Waals surface area contributed by atoms with Gasteiger partial charge in [0.2, 0.25) is 0 Å². The van der Waals surface area contributed by atoms with E-state index in [2.05, 4.69) is 29.9 Å². The average Bonchev–Trinajstić information content (AvgIpc) is 2.85. The normalized spacial score (nSPS) is 19.4. The zero-order valence-electron chi connectivity index (χ0n) is 10.6. The first kappa shape index (κ1) is 13.0. The predicted molar refractivity (Wildman–Crippen MR) is 74.2 cm³/mol. The van der Waals surface area contributed by atoms with Crippen molar-refractivity contribution >= 4 is 11.8 Å². The summed E-state index contributed by atoms with van der Waals surface area (Å²) in [5.41, 5.74) is 7.43. The zero-order chi connectivity index (χ0) is 12.1. The number of rotatable bonds is 5. The summed E-state index contributed by atoms with van der Waals surface area (Å²) in [7, 11) is 0. The van der Waals surface area contributed by atoms with Crippen molar-refractivity contribution < 1.29 is 0 Å². The summed E-state index contributed by atoms with van der Waals surface area (Å²) in [5, 5.41) is 5.12. The Morgan fingerprint density at radius 2 is 2.24 bits per heavy atom. The highest BCUT2D eigenvalue weighted by Gasteiger charge is 2.17. The molecule has 0 aliphatic heterocycles. The molecule has 0 spiro atoms. The number of thioether (sulfide) groups is 1. The largest absolute Gasteiger partial charge is 0.322 e. The van der Waals surface area contributed by atoms with Crippen molar-refractivity contribution in [2.75, 3.05) is 5.75 Å². The molecule has 1 heterocycles. The maximum absolute atomic E-state index is 6.25. The van der Waals surface area contributed by atoms with Gasteiger partial charge in [0.15, 0.2) is 0 Å². The third-order valence-corrected chi connectivity index (χ3v) is 4.99. The summed E-state index contributed by atoms with van der Waals surface area (Å²) >= 11 is 2.06. The van der Waals surface area contributed by atoms with E-state index in [1.54, 1.807) is 0 Å². The van der Waals surface area contributed by atoms with Crippen LogP contribution in [0.3, 0.4) is 0 Å². The third kappa shape index (κ3) is 3.49. The molecule has 0 radical (unpaired) electrons. The molecule has 0 saturated heterocycles. The molecule has 1 aromatic heterocycles. The van der Waals surface area contributed by atoms with Crippen LogP contribution in [0.4, 0.5) is 0 Å². The first-order valence-electron chi connectivity index (χ1n) is 6.70. The number of aryl methyl sites for hydroxylation is 1. The summed E-state index contributed by atoms with van der Waals surface area (Å²) in [6.07, 6.45) is 8.84. The van der Waals surface area contributed by atoms with E-state index in [9.17, 15) is 0 Å². The van der Waals surface area contributed by atoms with E-state index in [-0.39, 0.29) is 6.04 Å². The van der Waals surface area contributed by atoms with Gasteiger partial charge in [0.05, 0.1) is 11.7 Å². The van der Waals surface area contributed by atoms with Gasteiger partial charge in [-0.3, -0.25) is 4.68 Å². The van der Waals surface area contributed by atoms with Gasteiger partial charge in [-0.2, -0.15) is 16.9 Å². The van der Waals surface area contributed by atoms with Crippen molar-refractivity contribution in [3.63, 3.8) is 0 Å². The highest BCUT2D eigenvalue weighted by atomic mass is 32.2. The second kappa shape index (κ2) is 6.45. The van der Waals surface area contributed by atoms with Crippen LogP contribution < -0.4 is 5.73 Å². The second-order valence-electron chi connectivity index (χ2n) is 4.77. The Morgan fingerprint density at radius 3 is 2.94 bits per heavy atom. The number of nitrogens with two attached hydrogens (primary N) is 1. The van der Waals surface area contributed by atoms with Crippen molar-refractivity contribution in [3.05, 3.63) is 18.0 Å². The minimum absolute atomic E-state index is 0.129. The van der Waals surface area contributed by atoms with Crippen molar-refractivity contribution in [1.82, 2.24) is 9.78 Å². The number of hydrogen-bond donors (Lipinski definition) is 1. The van der Waals surface area contributed by atoms with Crippen molar-refractivity contribution in [2.45, 2.75) is 56.9 Å². The fourth-order valence-electron chi connectivity index (χ4n) is 2.48. The van der Waals surface area contributed by atoms with Crippen molar-refractivity contribution in [3.8, 4) is 0 Å². The fraction of sp³-hybridized carbons (Fsp3) is 0.769. The maximum Gasteiger partial charge on any atom is 0.0559 e. The molecule has 1 atom stereocenters. The van der Waals surface area contributed by atoms with E-state index in [1.807, 2.05) is 10.9 Å². The first-order chi connectivity index (χ1) is 8.31. The van der Waals surface area contributed by atoms with Gasteiger partial charge in [-0.1, -0.05) is 19.3 Å². The average molecular weight is 253 g/mol. The quantitative estimate of drug-likeness (QED) is 0.877. The summed E-state index contributed by atoms with van der Waals surface area (Å²) in [5.74, 6) is 1.02. The van der Waals surface area contributed by atoms with Gasteiger partial charge >= 0.3 is 0 Å². The molecule has 0 bridgehead atoms. The number of nitrogens with zero attached hydrogens (tertiary/aromatic N) is 2. The highest BCUT2D eigenvalue weighted by Crippen LogP contribution is 2.30. The monoisotopic (exact) mass is 253 g/mol. The lowest BCUT2D eigenvalue weighted by Gasteiger charge is -2.22. The van der Waals surface area contributed by atoms with Crippen LogP contribution in [0.2, 0.25) is 0 Å². The molecule has 1 saturated carbocycles. The Kier molecular flexibility index (Phi) is 4.92. The lowest BCUT2D eigenvalue weighted by molar-refractivity contribution is 0.515. The van der Waals surface area contributed by atoms with E-state index >= 15 is 0 Å². The molecular weight excluding hydrogens is 230 g/mol. The molecule has 3 nitrogen and oxygen atoms in total. The van der Waals surface area contributed by atoms with Gasteiger partial charge in [0.1, 0.15) is 0 Å². The topological polar surface area (TPSA) is 43.8 Å². The van der Waals surface area contributed by atoms with E-state index in [0.29, 0.717) is 0 Å². The molecule has 1 aliphatic rings. The molecule has 2 rings (SSSR count). The number of hydrogen-bond acceptors (Lipinski definition) is 3. The molecule has 1 fully saturated rings. The van der Waals surface area contributed by atoms with Crippen LogP contribution in [-0.2, 0) is 6.54 Å². The molecule has 1 aromatic rings. The van der Waals surface area contributed by atoms with Crippen LogP contribution in [0.1, 0.15) is 50.8 Å². The summed E-state index contributed by atoms with van der Waals surface area (Å²) in [6.45, 7) is 3.02. The smallest absolute Gasteiger partial charge is 0.0559 e. The van der Waals surface area contributed by atoms with Gasteiger partial charge in [-0.25, -0.2) is 0 Å². The molecule has 1 unspecified atom stereocenters. The maximum atomic E-state index is 6.25. The Balaban J connectivity index is 1.82. The molecule has 17 heavy (non-hydrogen) atoms. The van der Waals surface area contributed by atoms with Gasteiger partial charge in [0.25, 0.3) is 0 Å². The van der Waals surface area contributed by atoms with Gasteiger partial charge in [-0.05, 0) is 25.8 Å². The fourth-order valence-corrected chi connectivity index (χ4v) is 3.80. The Labute approximate surface area is 108 Å². The van der Waals surface area contributed by atoms with Crippen LogP contribution >= 0.6 is 11.8 Å². The van der Waals surface area contributed by atoms with E-state index < -0.39 is 0 Å². The van der Waals surface area contributed by atoms with Crippen LogP contribution in [0.15, 0.2) is 12.3 Å². The summed E-state index contributed by atoms with van der Waals surface area (Å²) < 4.78 is 2.01. The third-order valence-electron chi connectivity index (χ3n) is 3.49. The van der Waals surface area contributed by atoms with Gasteiger partial charge in [-0.15, -0.1) is 0 Å². The minimum Gasteiger partial charge on any atom is -0.322 e. The van der Waals surface area contributed by atoms with E-state index in [4.69, 9.17) is 5.73 Å². The molecule has 2 N–H and O–H groups in total. The lowest BCUT2D eigenvalue weighted by atomic mass is 10.0. The number of aromatic nitrogens is 2. The molecule has 0 amide bonds. The summed E-state index contributed by atoms with van der Waals surface area (Å²) in [4.78, 5) is 0. The lowest BCUT2D eigenvalue weighted by Crippen LogP contribution is -2.20. The zero-order valence-corrected chi connectivity index (χ0v) is 11.5. The van der Waals surface area contributed by atoms with Gasteiger partial charge < -0.3 is 5.73 Å². The van der Waals surface area contributed by atoms with Gasteiger partial charge in [0, 0.05) is 23.7 Å². The van der Waals surface area contributed by atoms with E-state index in [0.717, 1.165) is 17.5 Å². The van der Waals surface area contributed by atoms with Crippen molar-refractivity contribution in [2.24, 2.45) is 5.73 Å². The minimum atomic E-state index is 0.129. The summed E-state index contributed by atoms with van der Waals surface area (Å²) in [6, 6.07) is 2.18. The van der Waals surface area contributed by atoms with Crippen LogP contribution in [-0.4, -0.2) is 20.8 Å². The van der Waals surface area contributed by atoms with Crippen LogP contribution in [0.25, 0.3) is 0 Å². The predicted octanol–water partition coefficient (Wildman–Crippen LogP) is 2.97. The van der Waals surface area contributed by atoms with Crippen LogP contribution in [0, 0.1) is 0 Å². The molecule has 1 aliphatic carbocycles. The molecule has 96 valence electrons. The standard InChI is InChI=1S/C13H23N3S/c1-2-16-13(8-9-15-16)12(14)10-17-11-6-4-3-5-7-11/h8-9,11-12H,2-7,10,14H2,1H3. The SMILES string of the molecule is CCn1nccc1C(N)CSC1CCCCC1. The van der Waals surface area contributed by atoms with Crippen LogP contribution in [0.5, 0.6) is 0 Å². The van der Waals surface area contributed by atoms with Crippen molar-refractivity contribution in [1.29, 1.82) is 0 Å². The Morgan fingerprint density at radius 1 is 1.47 bits per heavy atom. The Hall–Kier alpha value is -0.480. The Bertz CT molecular complexity index is 331. The van der Waals surface area contributed by atoms with E-state index in [1.165, 1.54) is 37.8 Å². The highest BCUT2D eigenvalue weighted by molar-refractivity contribution is 7.99. The molecule has 0 aromatic carbocycles. The molecular formula is C13H23N3S.